The number of para-hydroxylation sites is 1. The van der Waals surface area contributed by atoms with Crippen LogP contribution in [0, 0.1) is 0 Å². The quantitative estimate of drug-likeness (QED) is 0.777. The molecule has 1 aromatic heterocycles. The summed E-state index contributed by atoms with van der Waals surface area (Å²) in [7, 11) is 2.11. The molecule has 0 aliphatic carbocycles. The van der Waals surface area contributed by atoms with Gasteiger partial charge in [-0.15, -0.1) is 0 Å². The van der Waals surface area contributed by atoms with Crippen LogP contribution in [0.5, 0.6) is 0 Å². The van der Waals surface area contributed by atoms with Gasteiger partial charge < -0.3 is 4.90 Å². The van der Waals surface area contributed by atoms with Gasteiger partial charge in [0.15, 0.2) is 0 Å². The molecule has 1 atom stereocenters. The monoisotopic (exact) mass is 251 g/mol. The number of amidine groups is 1. The maximum atomic E-state index is 4.72. The lowest BCUT2D eigenvalue weighted by Gasteiger charge is -2.28. The van der Waals surface area contributed by atoms with Crippen molar-refractivity contribution in [2.75, 3.05) is 7.05 Å². The van der Waals surface area contributed by atoms with Crippen LogP contribution in [-0.4, -0.2) is 22.8 Å². The average Bonchev–Trinajstić information content (AvgIpc) is 2.58. The van der Waals surface area contributed by atoms with Crippen LogP contribution >= 0.6 is 0 Å². The fourth-order valence-electron chi connectivity index (χ4n) is 2.54. The highest BCUT2D eigenvalue weighted by molar-refractivity contribution is 5.84. The topological polar surface area (TPSA) is 28.5 Å². The van der Waals surface area contributed by atoms with Gasteiger partial charge in [0.1, 0.15) is 5.84 Å². The van der Waals surface area contributed by atoms with Crippen LogP contribution in [-0.2, 0) is 6.42 Å². The van der Waals surface area contributed by atoms with Gasteiger partial charge in [-0.2, -0.15) is 0 Å². The molecule has 0 bridgehead atoms. The number of pyridine rings is 1. The molecule has 96 valence electrons. The van der Waals surface area contributed by atoms with E-state index in [2.05, 4.69) is 54.2 Å². The van der Waals surface area contributed by atoms with Crippen molar-refractivity contribution < 1.29 is 0 Å². The molecule has 0 fully saturated rings. The molecule has 2 heterocycles. The third-order valence-electron chi connectivity index (χ3n) is 3.76. The molecule has 0 saturated carbocycles. The van der Waals surface area contributed by atoms with E-state index < -0.39 is 0 Å². The Kier molecular flexibility index (Phi) is 3.03. The van der Waals surface area contributed by atoms with Crippen LogP contribution in [0.4, 0.5) is 5.69 Å². The zero-order valence-corrected chi connectivity index (χ0v) is 11.2. The van der Waals surface area contributed by atoms with Crippen molar-refractivity contribution in [2.24, 2.45) is 4.99 Å². The number of hydrogen-bond acceptors (Lipinski definition) is 3. The molecular weight excluding hydrogens is 234 g/mol. The Morgan fingerprint density at radius 2 is 1.84 bits per heavy atom. The van der Waals surface area contributed by atoms with E-state index in [0.29, 0.717) is 6.04 Å². The standard InChI is InChI=1S/C16H17N3/c1-12-18-15-6-4-3-5-14(15)11-16(19(12)2)13-7-9-17-10-8-13/h3-10,16H,11H2,1-2H3. The molecule has 3 nitrogen and oxygen atoms in total. The smallest absolute Gasteiger partial charge is 0.102 e. The fraction of sp³-hybridized carbons (Fsp3) is 0.250. The lowest BCUT2D eigenvalue weighted by Crippen LogP contribution is -2.29. The third-order valence-corrected chi connectivity index (χ3v) is 3.76. The maximum Gasteiger partial charge on any atom is 0.102 e. The summed E-state index contributed by atoms with van der Waals surface area (Å²) in [6.45, 7) is 2.07. The van der Waals surface area contributed by atoms with E-state index in [1.54, 1.807) is 0 Å². The van der Waals surface area contributed by atoms with Crippen LogP contribution in [0.1, 0.15) is 24.1 Å². The van der Waals surface area contributed by atoms with Gasteiger partial charge in [0.2, 0.25) is 0 Å². The van der Waals surface area contributed by atoms with E-state index in [-0.39, 0.29) is 0 Å². The van der Waals surface area contributed by atoms with Crippen LogP contribution in [0.25, 0.3) is 0 Å². The van der Waals surface area contributed by atoms with Crippen molar-refractivity contribution in [3.05, 3.63) is 59.9 Å². The van der Waals surface area contributed by atoms with E-state index >= 15 is 0 Å². The summed E-state index contributed by atoms with van der Waals surface area (Å²) in [5.41, 5.74) is 3.67. The van der Waals surface area contributed by atoms with Crippen molar-refractivity contribution >= 4 is 11.5 Å². The van der Waals surface area contributed by atoms with Gasteiger partial charge in [-0.1, -0.05) is 18.2 Å². The largest absolute Gasteiger partial charge is 0.356 e. The zero-order chi connectivity index (χ0) is 13.2. The molecule has 0 saturated heterocycles. The summed E-state index contributed by atoms with van der Waals surface area (Å²) < 4.78 is 0. The van der Waals surface area contributed by atoms with E-state index in [9.17, 15) is 0 Å². The SMILES string of the molecule is CC1=Nc2ccccc2CC(c2ccncc2)N1C. The fourth-order valence-corrected chi connectivity index (χ4v) is 2.54. The van der Waals surface area contributed by atoms with Crippen molar-refractivity contribution in [3.63, 3.8) is 0 Å². The number of aromatic nitrogens is 1. The van der Waals surface area contributed by atoms with Crippen LogP contribution in [0.15, 0.2) is 53.8 Å². The number of rotatable bonds is 1. The number of likely N-dealkylation sites (N-methyl/N-ethyl adjacent to an activating group) is 1. The molecule has 1 aliphatic rings. The maximum absolute atomic E-state index is 4.72. The van der Waals surface area contributed by atoms with Crippen LogP contribution in [0.3, 0.4) is 0 Å². The predicted molar refractivity (Wildman–Crippen MR) is 77.7 cm³/mol. The Bertz CT molecular complexity index is 604. The molecule has 1 aromatic carbocycles. The summed E-state index contributed by atoms with van der Waals surface area (Å²) in [5.74, 6) is 1.05. The lowest BCUT2D eigenvalue weighted by molar-refractivity contribution is 0.374. The van der Waals surface area contributed by atoms with E-state index in [4.69, 9.17) is 4.99 Å². The number of benzene rings is 1. The highest BCUT2D eigenvalue weighted by atomic mass is 15.2. The number of nitrogens with zero attached hydrogens (tertiary/aromatic N) is 3. The zero-order valence-electron chi connectivity index (χ0n) is 11.2. The molecule has 0 radical (unpaired) electrons. The number of aliphatic imine (C=N–C) groups is 1. The van der Waals surface area contributed by atoms with Gasteiger partial charge in [-0.05, 0) is 42.7 Å². The summed E-state index contributed by atoms with van der Waals surface area (Å²) in [4.78, 5) is 11.1. The molecule has 0 amide bonds. The number of fused-ring (bicyclic) bond motifs is 1. The first-order chi connectivity index (χ1) is 9.25. The van der Waals surface area contributed by atoms with Gasteiger partial charge in [-0.25, -0.2) is 4.99 Å². The summed E-state index contributed by atoms with van der Waals surface area (Å²) in [6, 6.07) is 12.9. The second-order valence-corrected chi connectivity index (χ2v) is 4.90. The molecule has 19 heavy (non-hydrogen) atoms. The van der Waals surface area contributed by atoms with Crippen LogP contribution in [0.2, 0.25) is 0 Å². The van der Waals surface area contributed by atoms with Gasteiger partial charge in [0.05, 0.1) is 11.7 Å². The van der Waals surface area contributed by atoms with Gasteiger partial charge in [-0.3, -0.25) is 4.98 Å². The Morgan fingerprint density at radius 1 is 1.11 bits per heavy atom. The normalized spacial score (nSPS) is 18.5. The average molecular weight is 251 g/mol. The van der Waals surface area contributed by atoms with E-state index in [1.165, 1.54) is 11.1 Å². The Labute approximate surface area is 113 Å². The molecule has 3 rings (SSSR count). The molecule has 0 spiro atoms. The van der Waals surface area contributed by atoms with Gasteiger partial charge in [0, 0.05) is 19.4 Å². The van der Waals surface area contributed by atoms with Gasteiger partial charge in [0.25, 0.3) is 0 Å². The summed E-state index contributed by atoms with van der Waals surface area (Å²) in [5, 5.41) is 0. The van der Waals surface area contributed by atoms with Gasteiger partial charge >= 0.3 is 0 Å². The number of hydrogen-bond donors (Lipinski definition) is 0. The third kappa shape index (κ3) is 2.24. The molecule has 3 heteroatoms. The summed E-state index contributed by atoms with van der Waals surface area (Å²) >= 11 is 0. The first-order valence-corrected chi connectivity index (χ1v) is 6.51. The second kappa shape index (κ2) is 4.84. The minimum Gasteiger partial charge on any atom is -0.356 e. The molecule has 1 aliphatic heterocycles. The van der Waals surface area contributed by atoms with Crippen molar-refractivity contribution in [3.8, 4) is 0 Å². The highest BCUT2D eigenvalue weighted by Crippen LogP contribution is 2.32. The minimum atomic E-state index is 0.315. The van der Waals surface area contributed by atoms with Crippen molar-refractivity contribution in [2.45, 2.75) is 19.4 Å². The lowest BCUT2D eigenvalue weighted by atomic mass is 9.98. The molecule has 2 aromatic rings. The Morgan fingerprint density at radius 3 is 2.63 bits per heavy atom. The first kappa shape index (κ1) is 11.9. The Hall–Kier alpha value is -2.16. The molecular formula is C16H17N3. The van der Waals surface area contributed by atoms with Crippen LogP contribution < -0.4 is 0 Å². The first-order valence-electron chi connectivity index (χ1n) is 6.51. The second-order valence-electron chi connectivity index (χ2n) is 4.90. The van der Waals surface area contributed by atoms with E-state index in [1.807, 2.05) is 18.5 Å². The Balaban J connectivity index is 2.06. The van der Waals surface area contributed by atoms with E-state index in [0.717, 1.165) is 17.9 Å². The minimum absolute atomic E-state index is 0.315. The van der Waals surface area contributed by atoms with Crippen molar-refractivity contribution in [1.82, 2.24) is 9.88 Å². The predicted octanol–water partition coefficient (Wildman–Crippen LogP) is 3.36. The van der Waals surface area contributed by atoms with Crippen molar-refractivity contribution in [1.29, 1.82) is 0 Å². The molecule has 1 unspecified atom stereocenters. The highest BCUT2D eigenvalue weighted by Gasteiger charge is 2.22. The molecule has 0 N–H and O–H groups in total. The summed E-state index contributed by atoms with van der Waals surface area (Å²) in [6.07, 6.45) is 4.68.